The van der Waals surface area contributed by atoms with Crippen molar-refractivity contribution in [3.63, 3.8) is 0 Å². The van der Waals surface area contributed by atoms with Gasteiger partial charge in [0.05, 0.1) is 0 Å². The highest BCUT2D eigenvalue weighted by molar-refractivity contribution is 6.32. The molecule has 0 atom stereocenters. The maximum atomic E-state index is 12.0. The van der Waals surface area contributed by atoms with Crippen molar-refractivity contribution in [2.24, 2.45) is 0 Å². The summed E-state index contributed by atoms with van der Waals surface area (Å²) in [7, 11) is 0. The predicted molar refractivity (Wildman–Crippen MR) is 90.9 cm³/mol. The van der Waals surface area contributed by atoms with Crippen molar-refractivity contribution in [2.45, 2.75) is 27.2 Å². The Labute approximate surface area is 136 Å². The van der Waals surface area contributed by atoms with Crippen molar-refractivity contribution in [1.29, 1.82) is 0 Å². The molecule has 3 nitrogen and oxygen atoms in total. The van der Waals surface area contributed by atoms with Crippen LogP contribution in [0.1, 0.15) is 23.6 Å². The van der Waals surface area contributed by atoms with Gasteiger partial charge in [-0.3, -0.25) is 4.79 Å². The predicted octanol–water partition coefficient (Wildman–Crippen LogP) is 4.54. The number of carbonyl (C=O) groups excluding carboxylic acids is 1. The smallest absolute Gasteiger partial charge is 0.262 e. The maximum absolute atomic E-state index is 12.0. The first-order valence-electron chi connectivity index (χ1n) is 7.28. The quantitative estimate of drug-likeness (QED) is 0.879. The molecular formula is C18H20ClNO2. The number of aryl methyl sites for hydroxylation is 3. The Morgan fingerprint density at radius 1 is 1.18 bits per heavy atom. The number of hydrogen-bond acceptors (Lipinski definition) is 2. The molecule has 0 saturated carbocycles. The fourth-order valence-electron chi connectivity index (χ4n) is 2.28. The summed E-state index contributed by atoms with van der Waals surface area (Å²) in [5.74, 6) is 0.476. The van der Waals surface area contributed by atoms with Crippen molar-refractivity contribution in [3.05, 3.63) is 58.1 Å². The molecule has 1 N–H and O–H groups in total. The van der Waals surface area contributed by atoms with Gasteiger partial charge in [0.2, 0.25) is 0 Å². The van der Waals surface area contributed by atoms with Crippen LogP contribution in [0.15, 0.2) is 36.4 Å². The lowest BCUT2D eigenvalue weighted by Gasteiger charge is -2.12. The van der Waals surface area contributed by atoms with Gasteiger partial charge in [-0.2, -0.15) is 0 Å². The van der Waals surface area contributed by atoms with Crippen LogP contribution >= 0.6 is 11.6 Å². The van der Waals surface area contributed by atoms with E-state index in [1.807, 2.05) is 50.2 Å². The van der Waals surface area contributed by atoms with Crippen LogP contribution in [0.25, 0.3) is 0 Å². The second-order valence-corrected chi connectivity index (χ2v) is 5.60. The second-order valence-electron chi connectivity index (χ2n) is 5.22. The summed E-state index contributed by atoms with van der Waals surface area (Å²) in [5.41, 5.74) is 3.82. The number of rotatable bonds is 5. The number of halogens is 1. The number of anilines is 1. The Bertz CT molecular complexity index is 660. The van der Waals surface area contributed by atoms with Crippen molar-refractivity contribution in [2.75, 3.05) is 11.9 Å². The summed E-state index contributed by atoms with van der Waals surface area (Å²) in [6.45, 7) is 5.86. The third kappa shape index (κ3) is 4.01. The molecule has 22 heavy (non-hydrogen) atoms. The minimum Gasteiger partial charge on any atom is -0.484 e. The zero-order chi connectivity index (χ0) is 16.1. The number of benzene rings is 2. The molecule has 0 unspecified atom stereocenters. The average molecular weight is 318 g/mol. The summed E-state index contributed by atoms with van der Waals surface area (Å²) >= 11 is 6.12. The monoisotopic (exact) mass is 317 g/mol. The largest absolute Gasteiger partial charge is 0.484 e. The molecule has 1 amide bonds. The number of amides is 1. The molecule has 0 fully saturated rings. The minimum atomic E-state index is -0.175. The molecular weight excluding hydrogens is 298 g/mol. The van der Waals surface area contributed by atoms with Crippen LogP contribution in [0.5, 0.6) is 5.75 Å². The van der Waals surface area contributed by atoms with Gasteiger partial charge in [0, 0.05) is 10.7 Å². The van der Waals surface area contributed by atoms with Gasteiger partial charge in [-0.15, -0.1) is 0 Å². The van der Waals surface area contributed by atoms with E-state index in [0.717, 1.165) is 33.8 Å². The second kappa shape index (κ2) is 7.32. The van der Waals surface area contributed by atoms with E-state index in [0.29, 0.717) is 5.75 Å². The van der Waals surface area contributed by atoms with Crippen LogP contribution in [0.4, 0.5) is 5.69 Å². The molecule has 0 aliphatic rings. The van der Waals surface area contributed by atoms with E-state index in [-0.39, 0.29) is 12.5 Å². The fraction of sp³-hybridized carbons (Fsp3) is 0.278. The normalized spacial score (nSPS) is 10.4. The van der Waals surface area contributed by atoms with Gasteiger partial charge in [0.15, 0.2) is 6.61 Å². The Hall–Kier alpha value is -2.00. The molecule has 0 heterocycles. The molecule has 0 radical (unpaired) electrons. The lowest BCUT2D eigenvalue weighted by molar-refractivity contribution is -0.118. The number of nitrogens with one attached hydrogen (secondary N) is 1. The van der Waals surface area contributed by atoms with Crippen molar-refractivity contribution < 1.29 is 9.53 Å². The highest BCUT2D eigenvalue weighted by atomic mass is 35.5. The lowest BCUT2D eigenvalue weighted by Crippen LogP contribution is -2.20. The first kappa shape index (κ1) is 16.4. The van der Waals surface area contributed by atoms with Crippen LogP contribution in [-0.4, -0.2) is 12.5 Å². The first-order valence-corrected chi connectivity index (χ1v) is 7.66. The van der Waals surface area contributed by atoms with Crippen LogP contribution in [0.2, 0.25) is 5.02 Å². The van der Waals surface area contributed by atoms with Gasteiger partial charge in [-0.25, -0.2) is 0 Å². The highest BCUT2D eigenvalue weighted by Crippen LogP contribution is 2.25. The number of para-hydroxylation sites is 1. The van der Waals surface area contributed by atoms with Crippen LogP contribution in [0, 0.1) is 13.8 Å². The van der Waals surface area contributed by atoms with E-state index in [1.165, 1.54) is 0 Å². The van der Waals surface area contributed by atoms with E-state index in [2.05, 4.69) is 12.2 Å². The van der Waals surface area contributed by atoms with E-state index in [1.54, 1.807) is 0 Å². The van der Waals surface area contributed by atoms with E-state index in [9.17, 15) is 4.79 Å². The highest BCUT2D eigenvalue weighted by Gasteiger charge is 2.08. The van der Waals surface area contributed by atoms with Crippen LogP contribution in [0.3, 0.4) is 0 Å². The van der Waals surface area contributed by atoms with Gasteiger partial charge in [0.1, 0.15) is 5.75 Å². The first-order chi connectivity index (χ1) is 10.5. The van der Waals surface area contributed by atoms with Crippen molar-refractivity contribution in [3.8, 4) is 5.75 Å². The molecule has 0 aromatic heterocycles. The zero-order valence-electron chi connectivity index (χ0n) is 13.1. The zero-order valence-corrected chi connectivity index (χ0v) is 13.8. The SMILES string of the molecule is CCc1ccccc1NC(=O)COc1cc(C)c(Cl)c(C)c1. The lowest BCUT2D eigenvalue weighted by atomic mass is 10.1. The van der Waals surface area contributed by atoms with Gasteiger partial charge in [0.25, 0.3) is 5.91 Å². The molecule has 0 saturated heterocycles. The van der Waals surface area contributed by atoms with Crippen molar-refractivity contribution >= 4 is 23.2 Å². The van der Waals surface area contributed by atoms with Gasteiger partial charge in [-0.05, 0) is 55.2 Å². The van der Waals surface area contributed by atoms with E-state index in [4.69, 9.17) is 16.3 Å². The molecule has 2 aromatic carbocycles. The Morgan fingerprint density at radius 3 is 2.45 bits per heavy atom. The Morgan fingerprint density at radius 2 is 1.82 bits per heavy atom. The third-order valence-electron chi connectivity index (χ3n) is 3.45. The van der Waals surface area contributed by atoms with E-state index >= 15 is 0 Å². The number of carbonyl (C=O) groups is 1. The molecule has 2 rings (SSSR count). The Kier molecular flexibility index (Phi) is 5.45. The number of hydrogen-bond donors (Lipinski definition) is 1. The summed E-state index contributed by atoms with van der Waals surface area (Å²) in [5, 5.41) is 3.61. The van der Waals surface area contributed by atoms with Crippen LogP contribution < -0.4 is 10.1 Å². The molecule has 0 bridgehead atoms. The molecule has 4 heteroatoms. The third-order valence-corrected chi connectivity index (χ3v) is 4.05. The number of ether oxygens (including phenoxy) is 1. The molecule has 0 aliphatic heterocycles. The van der Waals surface area contributed by atoms with Gasteiger partial charge in [-0.1, -0.05) is 36.7 Å². The van der Waals surface area contributed by atoms with Gasteiger partial charge >= 0.3 is 0 Å². The summed E-state index contributed by atoms with van der Waals surface area (Å²) < 4.78 is 5.56. The van der Waals surface area contributed by atoms with Crippen molar-refractivity contribution in [1.82, 2.24) is 0 Å². The summed E-state index contributed by atoms with van der Waals surface area (Å²) in [6.07, 6.45) is 0.868. The molecule has 0 spiro atoms. The van der Waals surface area contributed by atoms with Crippen LogP contribution in [-0.2, 0) is 11.2 Å². The minimum absolute atomic E-state index is 0.0292. The standard InChI is InChI=1S/C18H20ClNO2/c1-4-14-7-5-6-8-16(14)20-17(21)11-22-15-9-12(2)18(19)13(3)10-15/h5-10H,4,11H2,1-3H3,(H,20,21). The topological polar surface area (TPSA) is 38.3 Å². The Balaban J connectivity index is 1.98. The molecule has 2 aromatic rings. The maximum Gasteiger partial charge on any atom is 0.262 e. The molecule has 0 aliphatic carbocycles. The van der Waals surface area contributed by atoms with E-state index < -0.39 is 0 Å². The van der Waals surface area contributed by atoms with Gasteiger partial charge < -0.3 is 10.1 Å². The fourth-order valence-corrected chi connectivity index (χ4v) is 2.38. The molecule has 116 valence electrons. The summed E-state index contributed by atoms with van der Waals surface area (Å²) in [6, 6.07) is 11.4. The summed E-state index contributed by atoms with van der Waals surface area (Å²) in [4.78, 5) is 12.0. The average Bonchev–Trinajstić information content (AvgIpc) is 2.51.